The van der Waals surface area contributed by atoms with Crippen molar-refractivity contribution in [1.29, 1.82) is 0 Å². The van der Waals surface area contributed by atoms with Crippen LogP contribution in [0.25, 0.3) is 6.08 Å². The molecule has 0 aliphatic carbocycles. The van der Waals surface area contributed by atoms with Crippen LogP contribution in [0.15, 0.2) is 6.08 Å². The molecule has 112 valence electrons. The van der Waals surface area contributed by atoms with E-state index in [1.807, 2.05) is 0 Å². The lowest BCUT2D eigenvalue weighted by Gasteiger charge is -2.26. The number of nitrogens with one attached hydrogen (secondary N) is 2. The second-order valence-corrected chi connectivity index (χ2v) is 5.97. The summed E-state index contributed by atoms with van der Waals surface area (Å²) in [4.78, 5) is 10.2. The molecule has 2 heterocycles. The molecule has 1 aliphatic rings. The van der Waals surface area contributed by atoms with Gasteiger partial charge in [-0.2, -0.15) is 0 Å². The quantitative estimate of drug-likeness (QED) is 0.869. The Hall–Kier alpha value is -1.29. The lowest BCUT2D eigenvalue weighted by molar-refractivity contribution is 0.314. The summed E-state index contributed by atoms with van der Waals surface area (Å²) in [5, 5.41) is 3.43. The number of hydrogen-bond acceptors (Lipinski definition) is 3. The number of allylic oxidation sites excluding steroid dienone is 1. The summed E-state index contributed by atoms with van der Waals surface area (Å²) in [5.41, 5.74) is 1.14. The molecule has 1 unspecified atom stereocenters. The highest BCUT2D eigenvalue weighted by molar-refractivity contribution is 5.51. The summed E-state index contributed by atoms with van der Waals surface area (Å²) in [6, 6.07) is 0. The van der Waals surface area contributed by atoms with Crippen molar-refractivity contribution in [2.75, 3.05) is 32.1 Å². The number of anilines is 1. The summed E-state index contributed by atoms with van der Waals surface area (Å²) >= 11 is 0. The molecular formula is C16H28N4. The Kier molecular flexibility index (Phi) is 5.24. The van der Waals surface area contributed by atoms with Crippen molar-refractivity contribution >= 4 is 11.9 Å². The third-order valence-electron chi connectivity index (χ3n) is 4.24. The van der Waals surface area contributed by atoms with Crippen molar-refractivity contribution in [1.82, 2.24) is 15.3 Å². The van der Waals surface area contributed by atoms with Crippen LogP contribution in [0, 0.1) is 11.8 Å². The van der Waals surface area contributed by atoms with E-state index in [0.29, 0.717) is 5.92 Å². The minimum absolute atomic E-state index is 0.620. The fourth-order valence-electron chi connectivity index (χ4n) is 2.89. The van der Waals surface area contributed by atoms with Crippen molar-refractivity contribution < 1.29 is 0 Å². The predicted molar refractivity (Wildman–Crippen MR) is 86.1 cm³/mol. The zero-order valence-electron chi connectivity index (χ0n) is 13.2. The molecule has 0 spiro atoms. The number of piperidine rings is 1. The highest BCUT2D eigenvalue weighted by Gasteiger charge is 2.17. The maximum absolute atomic E-state index is 4.67. The second kappa shape index (κ2) is 6.93. The van der Waals surface area contributed by atoms with Crippen LogP contribution in [-0.2, 0) is 6.42 Å². The number of H-pyrrole nitrogens is 1. The molecule has 0 radical (unpaired) electrons. The van der Waals surface area contributed by atoms with E-state index in [4.69, 9.17) is 0 Å². The van der Waals surface area contributed by atoms with E-state index in [1.54, 1.807) is 0 Å². The van der Waals surface area contributed by atoms with Gasteiger partial charge >= 0.3 is 0 Å². The normalized spacial score (nSPS) is 18.6. The van der Waals surface area contributed by atoms with Gasteiger partial charge in [0.2, 0.25) is 0 Å². The van der Waals surface area contributed by atoms with Crippen molar-refractivity contribution in [3.8, 4) is 0 Å². The molecule has 1 aliphatic heterocycles. The van der Waals surface area contributed by atoms with E-state index in [9.17, 15) is 0 Å². The number of aromatic nitrogens is 2. The highest BCUT2D eigenvalue weighted by atomic mass is 15.2. The summed E-state index contributed by atoms with van der Waals surface area (Å²) in [5.74, 6) is 3.53. The first-order valence-corrected chi connectivity index (χ1v) is 7.77. The number of aromatic amines is 1. The monoisotopic (exact) mass is 276 g/mol. The average Bonchev–Trinajstić information content (AvgIpc) is 2.89. The van der Waals surface area contributed by atoms with Crippen LogP contribution in [0.1, 0.15) is 38.2 Å². The molecule has 2 N–H and O–H groups in total. The molecule has 1 saturated heterocycles. The van der Waals surface area contributed by atoms with Crippen molar-refractivity contribution in [3.05, 3.63) is 17.6 Å². The predicted octanol–water partition coefficient (Wildman–Crippen LogP) is 2.69. The fourth-order valence-corrected chi connectivity index (χ4v) is 2.89. The first-order chi connectivity index (χ1) is 9.61. The standard InChI is InChI=1S/C16H28N4/c1-5-14-16(20(3)4)19-15(18-14)7-6-12(2)13-8-10-17-11-9-13/h6-7,12-13,17H,5,8-11H2,1-4H3,(H,18,19)/b7-6-. The zero-order chi connectivity index (χ0) is 14.5. The Morgan fingerprint density at radius 2 is 2.05 bits per heavy atom. The molecule has 0 amide bonds. The van der Waals surface area contributed by atoms with Gasteiger partial charge in [0.1, 0.15) is 11.6 Å². The third kappa shape index (κ3) is 3.63. The van der Waals surface area contributed by atoms with Crippen molar-refractivity contribution in [2.45, 2.75) is 33.1 Å². The van der Waals surface area contributed by atoms with Gasteiger partial charge in [0, 0.05) is 14.1 Å². The van der Waals surface area contributed by atoms with Crippen LogP contribution in [-0.4, -0.2) is 37.2 Å². The van der Waals surface area contributed by atoms with Gasteiger partial charge in [0.25, 0.3) is 0 Å². The minimum atomic E-state index is 0.620. The number of nitrogens with zero attached hydrogens (tertiary/aromatic N) is 2. The van der Waals surface area contributed by atoms with E-state index >= 15 is 0 Å². The molecule has 1 aromatic rings. The maximum atomic E-state index is 4.67. The van der Waals surface area contributed by atoms with Gasteiger partial charge in [-0.15, -0.1) is 0 Å². The molecule has 0 aromatic carbocycles. The molecule has 0 bridgehead atoms. The fraction of sp³-hybridized carbons (Fsp3) is 0.688. The Morgan fingerprint density at radius 3 is 2.60 bits per heavy atom. The van der Waals surface area contributed by atoms with E-state index < -0.39 is 0 Å². The van der Waals surface area contributed by atoms with Gasteiger partial charge < -0.3 is 15.2 Å². The third-order valence-corrected chi connectivity index (χ3v) is 4.24. The SMILES string of the molecule is CCc1nc(/C=C\C(C)C2CCNCC2)[nH]c1N(C)C. The van der Waals surface area contributed by atoms with Crippen LogP contribution in [0.2, 0.25) is 0 Å². The first-order valence-electron chi connectivity index (χ1n) is 7.77. The van der Waals surface area contributed by atoms with Gasteiger partial charge in [0.05, 0.1) is 5.69 Å². The molecule has 1 atom stereocenters. The van der Waals surface area contributed by atoms with Gasteiger partial charge in [-0.3, -0.25) is 0 Å². The lowest BCUT2D eigenvalue weighted by atomic mass is 9.86. The second-order valence-electron chi connectivity index (χ2n) is 5.97. The van der Waals surface area contributed by atoms with Crippen LogP contribution in [0.5, 0.6) is 0 Å². The Bertz CT molecular complexity index is 441. The molecule has 20 heavy (non-hydrogen) atoms. The molecule has 2 rings (SSSR count). The van der Waals surface area contributed by atoms with Gasteiger partial charge in [-0.1, -0.05) is 19.9 Å². The summed E-state index contributed by atoms with van der Waals surface area (Å²) < 4.78 is 0. The smallest absolute Gasteiger partial charge is 0.131 e. The van der Waals surface area contributed by atoms with E-state index in [0.717, 1.165) is 42.8 Å². The average molecular weight is 276 g/mol. The molecular weight excluding hydrogens is 248 g/mol. The number of hydrogen-bond donors (Lipinski definition) is 2. The summed E-state index contributed by atoms with van der Waals surface area (Å²) in [6.45, 7) is 6.79. The Balaban J connectivity index is 2.03. The van der Waals surface area contributed by atoms with Crippen LogP contribution >= 0.6 is 0 Å². The maximum Gasteiger partial charge on any atom is 0.131 e. The van der Waals surface area contributed by atoms with Crippen LogP contribution in [0.3, 0.4) is 0 Å². The van der Waals surface area contributed by atoms with Crippen molar-refractivity contribution in [2.24, 2.45) is 11.8 Å². The van der Waals surface area contributed by atoms with Crippen LogP contribution < -0.4 is 10.2 Å². The number of rotatable bonds is 5. The first kappa shape index (κ1) is 15.1. The lowest BCUT2D eigenvalue weighted by Crippen LogP contribution is -2.30. The Labute approximate surface area is 122 Å². The summed E-state index contributed by atoms with van der Waals surface area (Å²) in [7, 11) is 4.11. The Morgan fingerprint density at radius 1 is 1.35 bits per heavy atom. The van der Waals surface area contributed by atoms with Gasteiger partial charge in [-0.25, -0.2) is 4.98 Å². The van der Waals surface area contributed by atoms with Crippen molar-refractivity contribution in [3.63, 3.8) is 0 Å². The topological polar surface area (TPSA) is 44.0 Å². The van der Waals surface area contributed by atoms with E-state index in [1.165, 1.54) is 12.8 Å². The van der Waals surface area contributed by atoms with E-state index in [-0.39, 0.29) is 0 Å². The molecule has 1 aromatic heterocycles. The number of imidazole rings is 1. The zero-order valence-corrected chi connectivity index (χ0v) is 13.2. The molecule has 4 nitrogen and oxygen atoms in total. The van der Waals surface area contributed by atoms with Gasteiger partial charge in [-0.05, 0) is 50.3 Å². The summed E-state index contributed by atoms with van der Waals surface area (Å²) in [6.07, 6.45) is 7.99. The molecule has 1 fully saturated rings. The van der Waals surface area contributed by atoms with E-state index in [2.05, 4.69) is 60.3 Å². The highest BCUT2D eigenvalue weighted by Crippen LogP contribution is 2.24. The largest absolute Gasteiger partial charge is 0.363 e. The molecule has 4 heteroatoms. The van der Waals surface area contributed by atoms with Crippen LogP contribution in [0.4, 0.5) is 5.82 Å². The molecule has 0 saturated carbocycles. The number of aryl methyl sites for hydroxylation is 1. The van der Waals surface area contributed by atoms with Gasteiger partial charge in [0.15, 0.2) is 0 Å². The minimum Gasteiger partial charge on any atom is -0.363 e.